The summed E-state index contributed by atoms with van der Waals surface area (Å²) in [5.41, 5.74) is 3.32. The number of carbonyl (C=O) groups is 1. The highest BCUT2D eigenvalue weighted by Crippen LogP contribution is 2.31. The maximum atomic E-state index is 12.4. The SMILES string of the molecule is CCOC(=O)c1c(-c2cccc(Br)c2)cn2ccccc12. The smallest absolute Gasteiger partial charge is 0.340 e. The summed E-state index contributed by atoms with van der Waals surface area (Å²) in [5.74, 6) is -0.291. The zero-order valence-corrected chi connectivity index (χ0v) is 13.1. The summed E-state index contributed by atoms with van der Waals surface area (Å²) >= 11 is 3.47. The van der Waals surface area contributed by atoms with E-state index >= 15 is 0 Å². The molecule has 0 saturated heterocycles. The Kier molecular flexibility index (Phi) is 3.80. The largest absolute Gasteiger partial charge is 0.462 e. The number of nitrogens with zero attached hydrogens (tertiary/aromatic N) is 1. The van der Waals surface area contributed by atoms with Crippen LogP contribution in [0, 0.1) is 0 Å². The molecule has 106 valence electrons. The summed E-state index contributed by atoms with van der Waals surface area (Å²) in [6, 6.07) is 13.7. The Morgan fingerprint density at radius 1 is 1.24 bits per heavy atom. The molecule has 0 spiro atoms. The standard InChI is InChI=1S/C17H14BrNO2/c1-2-21-17(20)16-14(12-6-5-7-13(18)10-12)11-19-9-4-3-8-15(16)19/h3-11H,2H2,1H3. The van der Waals surface area contributed by atoms with Crippen molar-refractivity contribution in [2.75, 3.05) is 6.61 Å². The van der Waals surface area contributed by atoms with Gasteiger partial charge < -0.3 is 9.14 Å². The van der Waals surface area contributed by atoms with Gasteiger partial charge in [-0.3, -0.25) is 0 Å². The average Bonchev–Trinajstić information content (AvgIpc) is 2.87. The Balaban J connectivity index is 2.26. The van der Waals surface area contributed by atoms with Crippen LogP contribution in [0.15, 0.2) is 59.3 Å². The number of aromatic nitrogens is 1. The van der Waals surface area contributed by atoms with Crippen molar-refractivity contribution in [1.82, 2.24) is 4.40 Å². The van der Waals surface area contributed by atoms with Crippen molar-refractivity contribution in [1.29, 1.82) is 0 Å². The van der Waals surface area contributed by atoms with Crippen LogP contribution < -0.4 is 0 Å². The van der Waals surface area contributed by atoms with Gasteiger partial charge in [0, 0.05) is 22.4 Å². The molecule has 0 bridgehead atoms. The minimum absolute atomic E-state index is 0.291. The first-order valence-corrected chi connectivity index (χ1v) is 7.52. The minimum atomic E-state index is -0.291. The minimum Gasteiger partial charge on any atom is -0.462 e. The zero-order chi connectivity index (χ0) is 14.8. The molecule has 0 fully saturated rings. The highest BCUT2D eigenvalue weighted by atomic mass is 79.9. The van der Waals surface area contributed by atoms with Crippen LogP contribution in [0.4, 0.5) is 0 Å². The lowest BCUT2D eigenvalue weighted by atomic mass is 10.0. The molecule has 0 aliphatic carbocycles. The van der Waals surface area contributed by atoms with E-state index in [1.54, 1.807) is 0 Å². The van der Waals surface area contributed by atoms with E-state index in [2.05, 4.69) is 15.9 Å². The monoisotopic (exact) mass is 343 g/mol. The molecule has 4 heteroatoms. The van der Waals surface area contributed by atoms with E-state index in [1.165, 1.54) is 0 Å². The van der Waals surface area contributed by atoms with Crippen LogP contribution in [-0.4, -0.2) is 17.0 Å². The second-order valence-electron chi connectivity index (χ2n) is 4.64. The average molecular weight is 344 g/mol. The molecule has 0 amide bonds. The predicted molar refractivity (Wildman–Crippen MR) is 86.5 cm³/mol. The molecule has 2 heterocycles. The van der Waals surface area contributed by atoms with Crippen molar-refractivity contribution >= 4 is 27.4 Å². The van der Waals surface area contributed by atoms with Gasteiger partial charge in [-0.15, -0.1) is 0 Å². The van der Waals surface area contributed by atoms with Gasteiger partial charge in [0.1, 0.15) is 0 Å². The number of carbonyl (C=O) groups excluding carboxylic acids is 1. The van der Waals surface area contributed by atoms with Crippen molar-refractivity contribution in [3.63, 3.8) is 0 Å². The first-order chi connectivity index (χ1) is 10.2. The molecule has 0 radical (unpaired) electrons. The fourth-order valence-electron chi connectivity index (χ4n) is 2.41. The molecule has 1 aromatic carbocycles. The molecule has 2 aromatic heterocycles. The van der Waals surface area contributed by atoms with E-state index in [4.69, 9.17) is 4.74 Å². The van der Waals surface area contributed by atoms with Gasteiger partial charge in [0.05, 0.1) is 17.7 Å². The van der Waals surface area contributed by atoms with Gasteiger partial charge in [0.2, 0.25) is 0 Å². The fraction of sp³-hybridized carbons (Fsp3) is 0.118. The van der Waals surface area contributed by atoms with Gasteiger partial charge in [-0.1, -0.05) is 34.1 Å². The molecule has 0 N–H and O–H groups in total. The third kappa shape index (κ3) is 2.59. The predicted octanol–water partition coefficient (Wildman–Crippen LogP) is 4.55. The number of hydrogen-bond acceptors (Lipinski definition) is 2. The van der Waals surface area contributed by atoms with E-state index in [-0.39, 0.29) is 5.97 Å². The molecule has 0 unspecified atom stereocenters. The highest BCUT2D eigenvalue weighted by Gasteiger charge is 2.20. The number of hydrogen-bond donors (Lipinski definition) is 0. The summed E-state index contributed by atoms with van der Waals surface area (Å²) in [5, 5.41) is 0. The van der Waals surface area contributed by atoms with Crippen LogP contribution in [0.5, 0.6) is 0 Å². The lowest BCUT2D eigenvalue weighted by molar-refractivity contribution is 0.0529. The molecular formula is C17H14BrNO2. The summed E-state index contributed by atoms with van der Waals surface area (Å²) in [4.78, 5) is 12.4. The Hall–Kier alpha value is -2.07. The van der Waals surface area contributed by atoms with Gasteiger partial charge in [-0.05, 0) is 36.8 Å². The molecule has 0 aliphatic rings. The summed E-state index contributed by atoms with van der Waals surface area (Å²) in [7, 11) is 0. The summed E-state index contributed by atoms with van der Waals surface area (Å²) in [6.45, 7) is 2.18. The van der Waals surface area contributed by atoms with Crippen LogP contribution in [0.25, 0.3) is 16.6 Å². The van der Waals surface area contributed by atoms with Crippen molar-refractivity contribution in [3.8, 4) is 11.1 Å². The van der Waals surface area contributed by atoms with Crippen LogP contribution in [-0.2, 0) is 4.74 Å². The Labute approximate surface area is 131 Å². The number of rotatable bonds is 3. The Morgan fingerprint density at radius 2 is 2.10 bits per heavy atom. The molecule has 3 rings (SSSR count). The quantitative estimate of drug-likeness (QED) is 0.653. The van der Waals surface area contributed by atoms with Crippen LogP contribution >= 0.6 is 15.9 Å². The normalized spacial score (nSPS) is 10.8. The maximum absolute atomic E-state index is 12.4. The fourth-order valence-corrected chi connectivity index (χ4v) is 2.81. The highest BCUT2D eigenvalue weighted by molar-refractivity contribution is 9.10. The Morgan fingerprint density at radius 3 is 2.86 bits per heavy atom. The molecule has 3 nitrogen and oxygen atoms in total. The molecular weight excluding hydrogens is 330 g/mol. The maximum Gasteiger partial charge on any atom is 0.340 e. The van der Waals surface area contributed by atoms with Crippen LogP contribution in [0.1, 0.15) is 17.3 Å². The topological polar surface area (TPSA) is 30.7 Å². The Bertz CT molecular complexity index is 807. The molecule has 3 aromatic rings. The summed E-state index contributed by atoms with van der Waals surface area (Å²) in [6.07, 6.45) is 3.89. The first kappa shape index (κ1) is 13.9. The van der Waals surface area contributed by atoms with Crippen molar-refractivity contribution in [2.24, 2.45) is 0 Å². The van der Waals surface area contributed by atoms with E-state index in [1.807, 2.05) is 66.2 Å². The number of benzene rings is 1. The molecule has 0 saturated carbocycles. The molecule has 0 aliphatic heterocycles. The molecule has 21 heavy (non-hydrogen) atoms. The number of esters is 1. The third-order valence-corrected chi connectivity index (χ3v) is 3.79. The van der Waals surface area contributed by atoms with Crippen molar-refractivity contribution in [2.45, 2.75) is 6.92 Å². The first-order valence-electron chi connectivity index (χ1n) is 6.73. The number of pyridine rings is 1. The van der Waals surface area contributed by atoms with E-state index in [9.17, 15) is 4.79 Å². The van der Waals surface area contributed by atoms with Crippen LogP contribution in [0.2, 0.25) is 0 Å². The van der Waals surface area contributed by atoms with E-state index in [0.29, 0.717) is 12.2 Å². The van der Waals surface area contributed by atoms with Crippen molar-refractivity contribution < 1.29 is 9.53 Å². The van der Waals surface area contributed by atoms with Gasteiger partial charge in [0.25, 0.3) is 0 Å². The lowest BCUT2D eigenvalue weighted by Gasteiger charge is -2.05. The van der Waals surface area contributed by atoms with E-state index < -0.39 is 0 Å². The third-order valence-electron chi connectivity index (χ3n) is 3.30. The molecule has 0 atom stereocenters. The lowest BCUT2D eigenvalue weighted by Crippen LogP contribution is -2.05. The van der Waals surface area contributed by atoms with Gasteiger partial charge in [-0.25, -0.2) is 4.79 Å². The zero-order valence-electron chi connectivity index (χ0n) is 11.5. The number of fused-ring (bicyclic) bond motifs is 1. The number of ether oxygens (including phenoxy) is 1. The number of halogens is 1. The van der Waals surface area contributed by atoms with Crippen LogP contribution in [0.3, 0.4) is 0 Å². The van der Waals surface area contributed by atoms with Gasteiger partial charge >= 0.3 is 5.97 Å². The second-order valence-corrected chi connectivity index (χ2v) is 5.56. The van der Waals surface area contributed by atoms with Crippen molar-refractivity contribution in [3.05, 3.63) is 64.9 Å². The van der Waals surface area contributed by atoms with E-state index in [0.717, 1.165) is 21.1 Å². The second kappa shape index (κ2) is 5.74. The van der Waals surface area contributed by atoms with Gasteiger partial charge in [-0.2, -0.15) is 0 Å². The van der Waals surface area contributed by atoms with Gasteiger partial charge in [0.15, 0.2) is 0 Å². The summed E-state index contributed by atoms with van der Waals surface area (Å²) < 4.78 is 8.15.